The number of carbonyl (C=O) groups excluding carboxylic acids is 2. The molecule has 0 fully saturated rings. The maximum atomic E-state index is 12.1. The zero-order valence-corrected chi connectivity index (χ0v) is 13.5. The fraction of sp³-hybridized carbons (Fsp3) is 0.188. The monoisotopic (exact) mass is 345 g/mol. The third-order valence-corrected chi connectivity index (χ3v) is 3.94. The van der Waals surface area contributed by atoms with Gasteiger partial charge in [-0.1, -0.05) is 6.07 Å². The topological polar surface area (TPSA) is 89.0 Å². The van der Waals surface area contributed by atoms with E-state index in [-0.39, 0.29) is 12.5 Å². The van der Waals surface area contributed by atoms with Crippen molar-refractivity contribution in [3.8, 4) is 11.5 Å². The number of ether oxygens (including phenoxy) is 2. The average molecular weight is 345 g/mol. The molecule has 0 atom stereocenters. The highest BCUT2D eigenvalue weighted by Crippen LogP contribution is 2.30. The van der Waals surface area contributed by atoms with E-state index >= 15 is 0 Å². The number of rotatable bonds is 5. The molecule has 0 bridgehead atoms. The van der Waals surface area contributed by atoms with E-state index in [9.17, 15) is 9.59 Å². The molecule has 24 heavy (non-hydrogen) atoms. The number of thiophene rings is 1. The van der Waals surface area contributed by atoms with Gasteiger partial charge in [-0.05, 0) is 29.6 Å². The summed E-state index contributed by atoms with van der Waals surface area (Å²) in [4.78, 5) is 24.7. The van der Waals surface area contributed by atoms with E-state index in [1.807, 2.05) is 17.5 Å². The van der Waals surface area contributed by atoms with E-state index in [1.165, 1.54) is 11.3 Å². The minimum atomic E-state index is -0.409. The summed E-state index contributed by atoms with van der Waals surface area (Å²) in [7, 11) is 0. The Kier molecular flexibility index (Phi) is 5.07. The Balaban J connectivity index is 1.49. The largest absolute Gasteiger partial charge is 0.486 e. The summed E-state index contributed by atoms with van der Waals surface area (Å²) in [6.45, 7) is 0.766. The van der Waals surface area contributed by atoms with Crippen LogP contribution in [0, 0.1) is 0 Å². The summed E-state index contributed by atoms with van der Waals surface area (Å²) in [5.74, 6) is 0.357. The van der Waals surface area contributed by atoms with Gasteiger partial charge in [0.1, 0.15) is 13.2 Å². The molecular formula is C16H15N3O4S. The molecule has 7 nitrogen and oxygen atoms in total. The summed E-state index contributed by atoms with van der Waals surface area (Å²) in [6.07, 6.45) is 1.55. The van der Waals surface area contributed by atoms with Gasteiger partial charge in [0.25, 0.3) is 11.8 Å². The van der Waals surface area contributed by atoms with Crippen molar-refractivity contribution in [2.24, 2.45) is 5.10 Å². The lowest BCUT2D eigenvalue weighted by atomic mass is 10.2. The molecule has 2 N–H and O–H groups in total. The normalized spacial score (nSPS) is 12.8. The Labute approximate surface area is 142 Å². The van der Waals surface area contributed by atoms with Crippen LogP contribution in [0.2, 0.25) is 0 Å². The van der Waals surface area contributed by atoms with Crippen LogP contribution in [0.25, 0.3) is 0 Å². The van der Waals surface area contributed by atoms with Crippen LogP contribution in [0.1, 0.15) is 15.2 Å². The minimum Gasteiger partial charge on any atom is -0.486 e. The molecule has 2 heterocycles. The molecule has 0 radical (unpaired) electrons. The molecule has 2 aromatic rings. The van der Waals surface area contributed by atoms with Crippen LogP contribution in [0.15, 0.2) is 40.8 Å². The van der Waals surface area contributed by atoms with E-state index in [0.717, 1.165) is 4.88 Å². The number of hydrogen-bond acceptors (Lipinski definition) is 6. The van der Waals surface area contributed by atoms with Gasteiger partial charge in [0.15, 0.2) is 11.5 Å². The SMILES string of the molecule is O=C(CNC(=O)c1ccc2c(c1)OCCO2)N/N=C\c1cccs1. The number of benzene rings is 1. The second kappa shape index (κ2) is 7.60. The quantitative estimate of drug-likeness (QED) is 0.633. The second-order valence-corrected chi connectivity index (χ2v) is 5.83. The van der Waals surface area contributed by atoms with Crippen molar-refractivity contribution in [2.45, 2.75) is 0 Å². The van der Waals surface area contributed by atoms with Crippen molar-refractivity contribution in [1.82, 2.24) is 10.7 Å². The summed E-state index contributed by atoms with van der Waals surface area (Å²) >= 11 is 1.51. The second-order valence-electron chi connectivity index (χ2n) is 4.85. The Morgan fingerprint density at radius 3 is 2.83 bits per heavy atom. The number of carbonyl (C=O) groups is 2. The van der Waals surface area contributed by atoms with Crippen LogP contribution in [0.4, 0.5) is 0 Å². The fourth-order valence-corrected chi connectivity index (χ4v) is 2.60. The lowest BCUT2D eigenvalue weighted by molar-refractivity contribution is -0.120. The lowest BCUT2D eigenvalue weighted by Crippen LogP contribution is -2.35. The molecule has 3 rings (SSSR count). The van der Waals surface area contributed by atoms with Gasteiger partial charge >= 0.3 is 0 Å². The molecule has 1 aliphatic heterocycles. The molecule has 0 aliphatic carbocycles. The highest BCUT2D eigenvalue weighted by molar-refractivity contribution is 7.11. The number of hydrazone groups is 1. The zero-order chi connectivity index (χ0) is 16.8. The zero-order valence-electron chi connectivity index (χ0n) is 12.7. The van der Waals surface area contributed by atoms with Gasteiger partial charge in [-0.15, -0.1) is 11.3 Å². The Hall–Kier alpha value is -2.87. The molecule has 124 valence electrons. The predicted octanol–water partition coefficient (Wildman–Crippen LogP) is 1.40. The van der Waals surface area contributed by atoms with Gasteiger partial charge < -0.3 is 14.8 Å². The molecule has 2 amide bonds. The van der Waals surface area contributed by atoms with Crippen molar-refractivity contribution in [2.75, 3.05) is 19.8 Å². The van der Waals surface area contributed by atoms with Crippen LogP contribution in [0.3, 0.4) is 0 Å². The van der Waals surface area contributed by atoms with E-state index in [2.05, 4.69) is 15.8 Å². The Morgan fingerprint density at radius 1 is 1.21 bits per heavy atom. The van der Waals surface area contributed by atoms with Gasteiger partial charge in [0, 0.05) is 10.4 Å². The fourth-order valence-electron chi connectivity index (χ4n) is 2.02. The summed E-state index contributed by atoms with van der Waals surface area (Å²) in [5.41, 5.74) is 2.75. The first-order valence-corrected chi connectivity index (χ1v) is 8.13. The first-order valence-electron chi connectivity index (χ1n) is 7.25. The molecule has 0 saturated heterocycles. The maximum Gasteiger partial charge on any atom is 0.259 e. The van der Waals surface area contributed by atoms with Gasteiger partial charge in [0.2, 0.25) is 0 Å². The Bertz CT molecular complexity index is 759. The third-order valence-electron chi connectivity index (χ3n) is 3.14. The number of nitrogens with one attached hydrogen (secondary N) is 2. The van der Waals surface area contributed by atoms with Gasteiger partial charge in [0.05, 0.1) is 12.8 Å². The van der Waals surface area contributed by atoms with Crippen molar-refractivity contribution < 1.29 is 19.1 Å². The third kappa shape index (κ3) is 4.11. The number of hydrogen-bond donors (Lipinski definition) is 2. The van der Waals surface area contributed by atoms with Crippen LogP contribution in [-0.4, -0.2) is 37.8 Å². The molecule has 1 aromatic heterocycles. The minimum absolute atomic E-state index is 0.172. The molecular weight excluding hydrogens is 330 g/mol. The molecule has 1 aromatic carbocycles. The lowest BCUT2D eigenvalue weighted by Gasteiger charge is -2.18. The Morgan fingerprint density at radius 2 is 2.04 bits per heavy atom. The van der Waals surface area contributed by atoms with Crippen molar-refractivity contribution in [3.05, 3.63) is 46.2 Å². The highest BCUT2D eigenvalue weighted by Gasteiger charge is 2.15. The summed E-state index contributed by atoms with van der Waals surface area (Å²) < 4.78 is 10.8. The van der Waals surface area contributed by atoms with Crippen molar-refractivity contribution in [3.63, 3.8) is 0 Å². The highest BCUT2D eigenvalue weighted by atomic mass is 32.1. The molecule has 1 aliphatic rings. The van der Waals surface area contributed by atoms with Crippen LogP contribution in [-0.2, 0) is 4.79 Å². The molecule has 0 saturated carbocycles. The van der Waals surface area contributed by atoms with E-state index in [0.29, 0.717) is 30.3 Å². The summed E-state index contributed by atoms with van der Waals surface area (Å²) in [6, 6.07) is 8.66. The standard InChI is InChI=1S/C16H15N3O4S/c20-15(19-18-9-12-2-1-7-24-12)10-17-16(21)11-3-4-13-14(8-11)23-6-5-22-13/h1-4,7-9H,5-6,10H2,(H,17,21)(H,19,20)/b18-9-. The summed E-state index contributed by atoms with van der Waals surface area (Å²) in [5, 5.41) is 8.26. The van der Waals surface area contributed by atoms with E-state index in [1.54, 1.807) is 24.4 Å². The predicted molar refractivity (Wildman–Crippen MR) is 89.8 cm³/mol. The first kappa shape index (κ1) is 16.0. The number of nitrogens with zero attached hydrogens (tertiary/aromatic N) is 1. The van der Waals surface area contributed by atoms with Crippen LogP contribution < -0.4 is 20.2 Å². The smallest absolute Gasteiger partial charge is 0.259 e. The molecule has 8 heteroatoms. The van der Waals surface area contributed by atoms with Gasteiger partial charge in [-0.2, -0.15) is 5.10 Å². The average Bonchev–Trinajstić information content (AvgIpc) is 3.12. The van der Waals surface area contributed by atoms with Crippen LogP contribution in [0.5, 0.6) is 11.5 Å². The van der Waals surface area contributed by atoms with Crippen molar-refractivity contribution in [1.29, 1.82) is 0 Å². The van der Waals surface area contributed by atoms with Gasteiger partial charge in [-0.3, -0.25) is 9.59 Å². The van der Waals surface area contributed by atoms with Crippen molar-refractivity contribution >= 4 is 29.4 Å². The molecule has 0 unspecified atom stereocenters. The van der Waals surface area contributed by atoms with Crippen LogP contribution >= 0.6 is 11.3 Å². The van der Waals surface area contributed by atoms with E-state index < -0.39 is 5.91 Å². The maximum absolute atomic E-state index is 12.1. The van der Waals surface area contributed by atoms with E-state index in [4.69, 9.17) is 9.47 Å². The number of fused-ring (bicyclic) bond motifs is 1. The first-order chi connectivity index (χ1) is 11.7. The van der Waals surface area contributed by atoms with Gasteiger partial charge in [-0.25, -0.2) is 5.43 Å². The number of amides is 2. The molecule has 0 spiro atoms.